The van der Waals surface area contributed by atoms with Gasteiger partial charge in [-0.3, -0.25) is 0 Å². The predicted octanol–water partition coefficient (Wildman–Crippen LogP) is 1.95. The van der Waals surface area contributed by atoms with Crippen LogP contribution in [0.1, 0.15) is 25.7 Å². The summed E-state index contributed by atoms with van der Waals surface area (Å²) in [6, 6.07) is 0.497. The molecule has 1 saturated carbocycles. The lowest BCUT2D eigenvalue weighted by Gasteiger charge is -2.27. The zero-order valence-electron chi connectivity index (χ0n) is 8.79. The molecule has 4 nitrogen and oxygen atoms in total. The standard InChI is InChI=1S/C10H14ClFN4/c11-10-14-5-8(12)9(16-10)15-7-3-1-6(13)2-4-7/h5-7H,1-4,13H2,(H,14,15,16). The van der Waals surface area contributed by atoms with Gasteiger partial charge in [-0.1, -0.05) is 0 Å². The molecule has 1 aromatic heterocycles. The second-order valence-corrected chi connectivity index (χ2v) is 4.43. The Labute approximate surface area is 98.4 Å². The van der Waals surface area contributed by atoms with Crippen molar-refractivity contribution in [2.24, 2.45) is 5.73 Å². The SMILES string of the molecule is NC1CCC(Nc2nc(Cl)ncc2F)CC1. The Morgan fingerprint density at radius 1 is 1.38 bits per heavy atom. The number of nitrogens with two attached hydrogens (primary N) is 1. The molecule has 6 heteroatoms. The zero-order chi connectivity index (χ0) is 11.5. The number of nitrogens with one attached hydrogen (secondary N) is 1. The van der Waals surface area contributed by atoms with E-state index in [1.54, 1.807) is 0 Å². The van der Waals surface area contributed by atoms with E-state index < -0.39 is 5.82 Å². The van der Waals surface area contributed by atoms with Gasteiger partial charge in [0.25, 0.3) is 0 Å². The molecule has 3 N–H and O–H groups in total. The molecule has 1 fully saturated rings. The quantitative estimate of drug-likeness (QED) is 0.781. The summed E-state index contributed by atoms with van der Waals surface area (Å²) in [6.07, 6.45) is 4.85. The van der Waals surface area contributed by atoms with Crippen LogP contribution in [0.4, 0.5) is 10.2 Å². The number of anilines is 1. The molecular weight excluding hydrogens is 231 g/mol. The van der Waals surface area contributed by atoms with Crippen molar-refractivity contribution in [2.75, 3.05) is 5.32 Å². The van der Waals surface area contributed by atoms with Crippen LogP contribution in [0.3, 0.4) is 0 Å². The summed E-state index contributed by atoms with van der Waals surface area (Å²) in [4.78, 5) is 7.39. The molecule has 0 amide bonds. The van der Waals surface area contributed by atoms with E-state index in [1.165, 1.54) is 0 Å². The van der Waals surface area contributed by atoms with E-state index in [0.29, 0.717) is 0 Å². The van der Waals surface area contributed by atoms with Gasteiger partial charge >= 0.3 is 0 Å². The third-order valence-corrected chi connectivity index (χ3v) is 3.01. The van der Waals surface area contributed by atoms with Crippen molar-refractivity contribution < 1.29 is 4.39 Å². The maximum atomic E-state index is 13.3. The number of nitrogens with zero attached hydrogens (tertiary/aromatic N) is 2. The molecule has 88 valence electrons. The fourth-order valence-electron chi connectivity index (χ4n) is 1.90. The van der Waals surface area contributed by atoms with E-state index in [9.17, 15) is 4.39 Å². The summed E-state index contributed by atoms with van der Waals surface area (Å²) in [5.74, 6) is -0.292. The van der Waals surface area contributed by atoms with Gasteiger partial charge in [0.1, 0.15) is 0 Å². The number of aromatic nitrogens is 2. The maximum absolute atomic E-state index is 13.3. The monoisotopic (exact) mass is 244 g/mol. The zero-order valence-corrected chi connectivity index (χ0v) is 9.54. The highest BCUT2D eigenvalue weighted by molar-refractivity contribution is 6.28. The summed E-state index contributed by atoms with van der Waals surface area (Å²) in [7, 11) is 0. The van der Waals surface area contributed by atoms with E-state index in [2.05, 4.69) is 15.3 Å². The molecule has 1 aromatic rings. The Hall–Kier alpha value is -0.940. The first-order valence-electron chi connectivity index (χ1n) is 5.35. The summed E-state index contributed by atoms with van der Waals surface area (Å²) in [5.41, 5.74) is 5.80. The second-order valence-electron chi connectivity index (χ2n) is 4.09. The molecule has 0 radical (unpaired) electrons. The van der Waals surface area contributed by atoms with Crippen LogP contribution in [0.2, 0.25) is 5.28 Å². The van der Waals surface area contributed by atoms with Gasteiger partial charge in [-0.05, 0) is 37.3 Å². The van der Waals surface area contributed by atoms with Crippen LogP contribution >= 0.6 is 11.6 Å². The number of rotatable bonds is 2. The van der Waals surface area contributed by atoms with E-state index in [4.69, 9.17) is 17.3 Å². The highest BCUT2D eigenvalue weighted by atomic mass is 35.5. The van der Waals surface area contributed by atoms with Crippen LogP contribution in [0.5, 0.6) is 0 Å². The molecule has 16 heavy (non-hydrogen) atoms. The summed E-state index contributed by atoms with van der Waals surface area (Å²) >= 11 is 5.61. The van der Waals surface area contributed by atoms with Crippen molar-refractivity contribution in [3.8, 4) is 0 Å². The van der Waals surface area contributed by atoms with Crippen LogP contribution in [0.25, 0.3) is 0 Å². The molecule has 1 heterocycles. The van der Waals surface area contributed by atoms with E-state index in [-0.39, 0.29) is 23.2 Å². The van der Waals surface area contributed by atoms with Gasteiger partial charge in [0.05, 0.1) is 6.20 Å². The molecule has 0 spiro atoms. The van der Waals surface area contributed by atoms with Crippen LogP contribution < -0.4 is 11.1 Å². The Morgan fingerprint density at radius 3 is 2.75 bits per heavy atom. The molecular formula is C10H14ClFN4. The third-order valence-electron chi connectivity index (χ3n) is 2.83. The highest BCUT2D eigenvalue weighted by Gasteiger charge is 2.19. The first-order chi connectivity index (χ1) is 7.65. The molecule has 0 aliphatic heterocycles. The van der Waals surface area contributed by atoms with Crippen LogP contribution in [0.15, 0.2) is 6.20 Å². The third kappa shape index (κ3) is 2.80. The molecule has 1 aliphatic carbocycles. The topological polar surface area (TPSA) is 63.8 Å². The van der Waals surface area contributed by atoms with Crippen LogP contribution in [-0.4, -0.2) is 22.1 Å². The molecule has 0 bridgehead atoms. The molecule has 0 saturated heterocycles. The van der Waals surface area contributed by atoms with Gasteiger partial charge in [-0.15, -0.1) is 0 Å². The van der Waals surface area contributed by atoms with E-state index in [1.807, 2.05) is 0 Å². The average molecular weight is 245 g/mol. The highest BCUT2D eigenvalue weighted by Crippen LogP contribution is 2.22. The van der Waals surface area contributed by atoms with Gasteiger partial charge in [-0.25, -0.2) is 9.37 Å². The van der Waals surface area contributed by atoms with Crippen molar-refractivity contribution in [3.05, 3.63) is 17.3 Å². The summed E-state index contributed by atoms with van der Waals surface area (Å²) in [6.45, 7) is 0. The lowest BCUT2D eigenvalue weighted by atomic mass is 9.92. The second kappa shape index (κ2) is 4.93. The lowest BCUT2D eigenvalue weighted by molar-refractivity contribution is 0.409. The molecule has 0 atom stereocenters. The average Bonchev–Trinajstić information content (AvgIpc) is 2.27. The molecule has 2 rings (SSSR count). The number of hydrogen-bond acceptors (Lipinski definition) is 4. The first kappa shape index (κ1) is 11.5. The van der Waals surface area contributed by atoms with Crippen LogP contribution in [0, 0.1) is 5.82 Å². The fraction of sp³-hybridized carbons (Fsp3) is 0.600. The number of hydrogen-bond donors (Lipinski definition) is 2. The van der Waals surface area contributed by atoms with E-state index >= 15 is 0 Å². The summed E-state index contributed by atoms with van der Waals surface area (Å²) in [5, 5.41) is 3.10. The minimum absolute atomic E-state index is 0.0522. The normalized spacial score (nSPS) is 25.4. The van der Waals surface area contributed by atoms with E-state index in [0.717, 1.165) is 31.9 Å². The van der Waals surface area contributed by atoms with Crippen molar-refractivity contribution in [2.45, 2.75) is 37.8 Å². The molecule has 0 aromatic carbocycles. The Bertz CT molecular complexity index is 366. The Kier molecular flexibility index (Phi) is 3.56. The van der Waals surface area contributed by atoms with Gasteiger partial charge in [0, 0.05) is 12.1 Å². The molecule has 1 aliphatic rings. The van der Waals surface area contributed by atoms with Crippen molar-refractivity contribution >= 4 is 17.4 Å². The largest absolute Gasteiger partial charge is 0.365 e. The fourth-order valence-corrected chi connectivity index (χ4v) is 2.04. The Morgan fingerprint density at radius 2 is 2.06 bits per heavy atom. The van der Waals surface area contributed by atoms with Gasteiger partial charge < -0.3 is 11.1 Å². The predicted molar refractivity (Wildman–Crippen MR) is 60.9 cm³/mol. The smallest absolute Gasteiger partial charge is 0.224 e. The maximum Gasteiger partial charge on any atom is 0.224 e. The van der Waals surface area contributed by atoms with Crippen LogP contribution in [-0.2, 0) is 0 Å². The lowest BCUT2D eigenvalue weighted by Crippen LogP contribution is -2.33. The van der Waals surface area contributed by atoms with Crippen molar-refractivity contribution in [1.82, 2.24) is 9.97 Å². The minimum atomic E-state index is -0.473. The van der Waals surface area contributed by atoms with Gasteiger partial charge in [0.2, 0.25) is 5.28 Å². The van der Waals surface area contributed by atoms with Gasteiger partial charge in [-0.2, -0.15) is 4.98 Å². The van der Waals surface area contributed by atoms with Crippen molar-refractivity contribution in [1.29, 1.82) is 0 Å². The van der Waals surface area contributed by atoms with Crippen molar-refractivity contribution in [3.63, 3.8) is 0 Å². The number of halogens is 2. The molecule has 0 unspecified atom stereocenters. The summed E-state index contributed by atoms with van der Waals surface area (Å²) < 4.78 is 13.3. The minimum Gasteiger partial charge on any atom is -0.365 e. The Balaban J connectivity index is 2.00. The first-order valence-corrected chi connectivity index (χ1v) is 5.73. The van der Waals surface area contributed by atoms with Gasteiger partial charge in [0.15, 0.2) is 11.6 Å².